The summed E-state index contributed by atoms with van der Waals surface area (Å²) >= 11 is 1.60. The summed E-state index contributed by atoms with van der Waals surface area (Å²) in [6.45, 7) is 3.42. The number of benzene rings is 1. The Labute approximate surface area is 167 Å². The number of nitrogens with zero attached hydrogens (tertiary/aromatic N) is 4. The predicted molar refractivity (Wildman–Crippen MR) is 114 cm³/mol. The van der Waals surface area contributed by atoms with E-state index in [1.54, 1.807) is 11.9 Å². The topological polar surface area (TPSA) is 80.0 Å². The van der Waals surface area contributed by atoms with Crippen LogP contribution in [0.4, 0.5) is 15.9 Å². The average Bonchev–Trinajstić information content (AvgIpc) is 2.72. The number of rotatable bonds is 6. The minimum atomic E-state index is -0.309. The Morgan fingerprint density at radius 3 is 2.82 bits per heavy atom. The van der Waals surface area contributed by atoms with E-state index < -0.39 is 0 Å². The Morgan fingerprint density at radius 1 is 1.11 bits per heavy atom. The van der Waals surface area contributed by atoms with Crippen LogP contribution in [0.5, 0.6) is 0 Å². The largest absolute Gasteiger partial charge is 0.382 e. The Kier molecular flexibility index (Phi) is 5.87. The SMILES string of the molecule is Nc1ncnc2ccc(-c3cc(F)cc(NSCCN4CCCCC4)c3)nc12. The zero-order valence-corrected chi connectivity index (χ0v) is 16.4. The van der Waals surface area contributed by atoms with Crippen molar-refractivity contribution in [1.29, 1.82) is 0 Å². The second kappa shape index (κ2) is 8.70. The third-order valence-electron chi connectivity index (χ3n) is 4.85. The van der Waals surface area contributed by atoms with E-state index in [2.05, 4.69) is 24.6 Å². The van der Waals surface area contributed by atoms with E-state index in [1.165, 1.54) is 50.8 Å². The molecule has 0 aliphatic carbocycles. The molecular formula is C20H23FN6S. The molecular weight excluding hydrogens is 375 g/mol. The molecule has 2 aromatic heterocycles. The molecule has 3 aromatic rings. The monoisotopic (exact) mass is 398 g/mol. The number of anilines is 2. The number of pyridine rings is 1. The van der Waals surface area contributed by atoms with Crippen LogP contribution in [0.15, 0.2) is 36.7 Å². The fraction of sp³-hybridized carbons (Fsp3) is 0.350. The number of piperidine rings is 1. The minimum Gasteiger partial charge on any atom is -0.382 e. The first-order chi connectivity index (χ1) is 13.7. The molecule has 4 rings (SSSR count). The van der Waals surface area contributed by atoms with E-state index in [4.69, 9.17) is 5.73 Å². The molecule has 0 saturated carbocycles. The molecule has 3 heterocycles. The van der Waals surface area contributed by atoms with Gasteiger partial charge in [0, 0.05) is 23.5 Å². The maximum absolute atomic E-state index is 14.2. The van der Waals surface area contributed by atoms with E-state index in [-0.39, 0.29) is 5.82 Å². The zero-order chi connectivity index (χ0) is 19.3. The third-order valence-corrected chi connectivity index (χ3v) is 5.62. The van der Waals surface area contributed by atoms with Crippen LogP contribution in [0.1, 0.15) is 19.3 Å². The van der Waals surface area contributed by atoms with E-state index in [9.17, 15) is 4.39 Å². The van der Waals surface area contributed by atoms with E-state index in [0.717, 1.165) is 18.0 Å². The molecule has 0 atom stereocenters. The Hall–Kier alpha value is -2.45. The summed E-state index contributed by atoms with van der Waals surface area (Å²) in [6, 6.07) is 8.50. The Morgan fingerprint density at radius 2 is 1.96 bits per heavy atom. The molecule has 1 aromatic carbocycles. The van der Waals surface area contributed by atoms with Crippen molar-refractivity contribution >= 4 is 34.5 Å². The molecule has 6 nitrogen and oxygen atoms in total. The zero-order valence-electron chi connectivity index (χ0n) is 15.6. The van der Waals surface area contributed by atoms with Crippen molar-refractivity contribution in [2.24, 2.45) is 0 Å². The number of hydrogen-bond acceptors (Lipinski definition) is 7. The van der Waals surface area contributed by atoms with Crippen LogP contribution in [0.2, 0.25) is 0 Å². The van der Waals surface area contributed by atoms with Crippen LogP contribution in [0.25, 0.3) is 22.3 Å². The van der Waals surface area contributed by atoms with Gasteiger partial charge in [0.2, 0.25) is 0 Å². The second-order valence-electron chi connectivity index (χ2n) is 6.90. The van der Waals surface area contributed by atoms with Crippen molar-refractivity contribution in [1.82, 2.24) is 19.9 Å². The molecule has 0 spiro atoms. The number of nitrogen functional groups attached to an aromatic ring is 1. The smallest absolute Gasteiger partial charge is 0.153 e. The van der Waals surface area contributed by atoms with Gasteiger partial charge in [0.15, 0.2) is 5.82 Å². The lowest BCUT2D eigenvalue weighted by atomic mass is 10.1. The highest BCUT2D eigenvalue weighted by Gasteiger charge is 2.10. The van der Waals surface area contributed by atoms with Crippen LogP contribution < -0.4 is 10.5 Å². The fourth-order valence-corrected chi connectivity index (χ4v) is 4.14. The van der Waals surface area contributed by atoms with Crippen LogP contribution in [-0.2, 0) is 0 Å². The average molecular weight is 399 g/mol. The normalized spacial score (nSPS) is 15.0. The Bertz CT molecular complexity index is 961. The van der Waals surface area contributed by atoms with Crippen LogP contribution >= 0.6 is 11.9 Å². The Balaban J connectivity index is 1.45. The molecule has 1 aliphatic heterocycles. The first-order valence-corrected chi connectivity index (χ1v) is 10.5. The molecule has 1 aliphatic rings. The van der Waals surface area contributed by atoms with Crippen LogP contribution in [0.3, 0.4) is 0 Å². The molecule has 0 unspecified atom stereocenters. The van der Waals surface area contributed by atoms with E-state index in [1.807, 2.05) is 18.2 Å². The molecule has 1 fully saturated rings. The van der Waals surface area contributed by atoms with Crippen molar-refractivity contribution in [2.45, 2.75) is 19.3 Å². The van der Waals surface area contributed by atoms with Gasteiger partial charge in [-0.2, -0.15) is 0 Å². The minimum absolute atomic E-state index is 0.309. The number of aromatic nitrogens is 3. The van der Waals surface area contributed by atoms with Gasteiger partial charge in [-0.05, 0) is 56.3 Å². The van der Waals surface area contributed by atoms with Crippen LogP contribution in [0, 0.1) is 5.82 Å². The highest BCUT2D eigenvalue weighted by Crippen LogP contribution is 2.27. The van der Waals surface area contributed by atoms with Gasteiger partial charge in [-0.1, -0.05) is 18.4 Å². The summed E-state index contributed by atoms with van der Waals surface area (Å²) in [5.74, 6) is 0.958. The molecule has 0 amide bonds. The first kappa shape index (κ1) is 18.9. The van der Waals surface area contributed by atoms with Gasteiger partial charge >= 0.3 is 0 Å². The highest BCUT2D eigenvalue weighted by atomic mass is 32.2. The molecule has 3 N–H and O–H groups in total. The summed E-state index contributed by atoms with van der Waals surface area (Å²) < 4.78 is 17.4. The lowest BCUT2D eigenvalue weighted by Gasteiger charge is -2.26. The lowest BCUT2D eigenvalue weighted by Crippen LogP contribution is -2.31. The van der Waals surface area contributed by atoms with Gasteiger partial charge in [-0.25, -0.2) is 19.3 Å². The quantitative estimate of drug-likeness (QED) is 0.480. The number of fused-ring (bicyclic) bond motifs is 1. The second-order valence-corrected chi connectivity index (χ2v) is 7.81. The van der Waals surface area contributed by atoms with Gasteiger partial charge in [0.05, 0.1) is 11.2 Å². The van der Waals surface area contributed by atoms with Crippen LogP contribution in [-0.4, -0.2) is 45.2 Å². The number of likely N-dealkylation sites (tertiary alicyclic amines) is 1. The van der Waals surface area contributed by atoms with Crippen molar-refractivity contribution in [3.05, 3.63) is 42.5 Å². The molecule has 28 heavy (non-hydrogen) atoms. The molecule has 0 radical (unpaired) electrons. The molecule has 0 bridgehead atoms. The van der Waals surface area contributed by atoms with Crippen molar-refractivity contribution < 1.29 is 4.39 Å². The first-order valence-electron chi connectivity index (χ1n) is 9.47. The van der Waals surface area contributed by atoms with E-state index >= 15 is 0 Å². The summed E-state index contributed by atoms with van der Waals surface area (Å²) in [5.41, 5.74) is 9.13. The van der Waals surface area contributed by atoms with Gasteiger partial charge < -0.3 is 15.4 Å². The van der Waals surface area contributed by atoms with Gasteiger partial charge in [0.25, 0.3) is 0 Å². The van der Waals surface area contributed by atoms with Crippen molar-refractivity contribution in [3.63, 3.8) is 0 Å². The number of nitrogens with two attached hydrogens (primary N) is 1. The molecule has 1 saturated heterocycles. The number of nitrogens with one attached hydrogen (secondary N) is 1. The van der Waals surface area contributed by atoms with Gasteiger partial charge in [0.1, 0.15) is 17.7 Å². The van der Waals surface area contributed by atoms with Crippen molar-refractivity contribution in [2.75, 3.05) is 35.8 Å². The number of halogens is 1. The summed E-state index contributed by atoms with van der Waals surface area (Å²) in [7, 11) is 0. The predicted octanol–water partition coefficient (Wildman–Crippen LogP) is 3.96. The maximum atomic E-state index is 14.2. The summed E-state index contributed by atoms with van der Waals surface area (Å²) in [6.07, 6.45) is 5.33. The summed E-state index contributed by atoms with van der Waals surface area (Å²) in [4.78, 5) is 15.1. The van der Waals surface area contributed by atoms with Gasteiger partial charge in [-0.15, -0.1) is 0 Å². The number of hydrogen-bond donors (Lipinski definition) is 2. The van der Waals surface area contributed by atoms with Crippen molar-refractivity contribution in [3.8, 4) is 11.3 Å². The highest BCUT2D eigenvalue weighted by molar-refractivity contribution is 8.00. The third kappa shape index (κ3) is 4.51. The fourth-order valence-electron chi connectivity index (χ4n) is 3.41. The summed E-state index contributed by atoms with van der Waals surface area (Å²) in [5, 5.41) is 0. The standard InChI is InChI=1S/C20H23FN6S/c21-15-10-14(17-4-5-18-19(25-17)20(22)24-13-23-18)11-16(12-15)26-28-9-8-27-6-2-1-3-7-27/h4-5,10-13,26H,1-3,6-9H2,(H2,22,23,24). The van der Waals surface area contributed by atoms with E-state index in [0.29, 0.717) is 28.1 Å². The molecule has 146 valence electrons. The lowest BCUT2D eigenvalue weighted by molar-refractivity contribution is 0.242. The maximum Gasteiger partial charge on any atom is 0.153 e. The van der Waals surface area contributed by atoms with Gasteiger partial charge in [-0.3, -0.25) is 0 Å². The molecule has 8 heteroatoms.